The molecule has 0 aliphatic heterocycles. The summed E-state index contributed by atoms with van der Waals surface area (Å²) in [5, 5.41) is 17.8. The summed E-state index contributed by atoms with van der Waals surface area (Å²) < 4.78 is 3.17. The fraction of sp³-hybridized carbons (Fsp3) is 0.462. The first-order chi connectivity index (χ1) is 10.1. The molecule has 8 heteroatoms. The van der Waals surface area contributed by atoms with Gasteiger partial charge in [-0.05, 0) is 40.9 Å². The van der Waals surface area contributed by atoms with Gasteiger partial charge in [0.1, 0.15) is 5.82 Å². The molecular weight excluding hydrogens is 374 g/mol. The monoisotopic (exact) mass is 389 g/mol. The maximum atomic E-state index is 10.7. The Hall–Kier alpha value is -0.860. The van der Waals surface area contributed by atoms with Gasteiger partial charge in [-0.1, -0.05) is 18.7 Å². The molecule has 0 aliphatic carbocycles. The van der Waals surface area contributed by atoms with Crippen molar-refractivity contribution in [1.29, 1.82) is 0 Å². The first-order valence-electron chi connectivity index (χ1n) is 6.61. The second-order valence-electron chi connectivity index (χ2n) is 4.44. The molecule has 0 saturated heterocycles. The number of hydrogen-bond acceptors (Lipinski definition) is 5. The lowest BCUT2D eigenvalue weighted by atomic mass is 10.3. The molecule has 0 fully saturated rings. The Kier molecular flexibility index (Phi) is 6.25. The minimum Gasteiger partial charge on any atom is -0.481 e. The lowest BCUT2D eigenvalue weighted by Crippen LogP contribution is -2.08. The Morgan fingerprint density at radius 3 is 2.86 bits per heavy atom. The molecule has 2 rings (SSSR count). The number of thioether (sulfide) groups is 1. The summed E-state index contributed by atoms with van der Waals surface area (Å²) in [6.45, 7) is 2.87. The number of hydrogen-bond donors (Lipinski definition) is 1. The van der Waals surface area contributed by atoms with E-state index < -0.39 is 5.97 Å². The smallest absolute Gasteiger partial charge is 0.313 e. The van der Waals surface area contributed by atoms with Gasteiger partial charge in [-0.25, -0.2) is 0 Å². The third-order valence-corrected chi connectivity index (χ3v) is 5.44. The third-order valence-electron chi connectivity index (χ3n) is 2.80. The average molecular weight is 390 g/mol. The number of nitrogens with zero attached hydrogens (tertiary/aromatic N) is 3. The molecule has 0 bridgehead atoms. The molecule has 1 N–H and O–H groups in total. The highest BCUT2D eigenvalue weighted by Crippen LogP contribution is 2.24. The van der Waals surface area contributed by atoms with Gasteiger partial charge >= 0.3 is 5.97 Å². The van der Waals surface area contributed by atoms with Crippen LogP contribution in [0.25, 0.3) is 0 Å². The zero-order valence-corrected chi connectivity index (χ0v) is 14.8. The quantitative estimate of drug-likeness (QED) is 0.699. The van der Waals surface area contributed by atoms with Gasteiger partial charge in [0.05, 0.1) is 9.54 Å². The van der Waals surface area contributed by atoms with Crippen LogP contribution in [-0.2, 0) is 24.2 Å². The summed E-state index contributed by atoms with van der Waals surface area (Å²) in [4.78, 5) is 12.0. The second kappa shape index (κ2) is 7.95. The lowest BCUT2D eigenvalue weighted by molar-refractivity contribution is -0.133. The van der Waals surface area contributed by atoms with Crippen LogP contribution < -0.4 is 0 Å². The van der Waals surface area contributed by atoms with E-state index in [-0.39, 0.29) is 5.75 Å². The van der Waals surface area contributed by atoms with Crippen molar-refractivity contribution in [3.63, 3.8) is 0 Å². The number of thiophene rings is 1. The first-order valence-corrected chi connectivity index (χ1v) is 9.20. The van der Waals surface area contributed by atoms with Crippen LogP contribution in [0.1, 0.15) is 24.0 Å². The van der Waals surface area contributed by atoms with Gasteiger partial charge in [0.2, 0.25) is 0 Å². The molecule has 114 valence electrons. The second-order valence-corrected chi connectivity index (χ2v) is 7.93. The van der Waals surface area contributed by atoms with E-state index in [0.29, 0.717) is 5.16 Å². The zero-order chi connectivity index (χ0) is 15.2. The summed E-state index contributed by atoms with van der Waals surface area (Å²) in [6.07, 6.45) is 2.74. The molecule has 0 amide bonds. The maximum Gasteiger partial charge on any atom is 0.313 e. The van der Waals surface area contributed by atoms with Crippen LogP contribution in [0.4, 0.5) is 0 Å². The number of carboxylic acids is 1. The van der Waals surface area contributed by atoms with E-state index in [1.54, 1.807) is 11.3 Å². The zero-order valence-electron chi connectivity index (χ0n) is 11.6. The predicted octanol–water partition coefficient (Wildman–Crippen LogP) is 3.47. The molecule has 0 aromatic carbocycles. The summed E-state index contributed by atoms with van der Waals surface area (Å²) >= 11 is 6.40. The van der Waals surface area contributed by atoms with Crippen molar-refractivity contribution in [2.75, 3.05) is 5.75 Å². The van der Waals surface area contributed by atoms with E-state index in [9.17, 15) is 4.79 Å². The summed E-state index contributed by atoms with van der Waals surface area (Å²) in [6, 6.07) is 4.14. The number of aromatic nitrogens is 3. The summed E-state index contributed by atoms with van der Waals surface area (Å²) in [5.41, 5.74) is 0. The molecule has 0 unspecified atom stereocenters. The van der Waals surface area contributed by atoms with Gasteiger partial charge in [-0.3, -0.25) is 4.79 Å². The van der Waals surface area contributed by atoms with Crippen molar-refractivity contribution in [2.24, 2.45) is 0 Å². The van der Waals surface area contributed by atoms with Crippen molar-refractivity contribution < 1.29 is 9.90 Å². The molecule has 2 aromatic rings. The number of carboxylic acid groups (broad SMARTS) is 1. The minimum absolute atomic E-state index is 0.00874. The van der Waals surface area contributed by atoms with Crippen molar-refractivity contribution in [3.05, 3.63) is 26.6 Å². The SMILES string of the molecule is CCCc1nnc(SCC(=O)O)n1CCc1ccc(Br)s1. The number of aryl methyl sites for hydroxylation is 2. The van der Waals surface area contributed by atoms with Crippen LogP contribution in [0.2, 0.25) is 0 Å². The molecule has 0 spiro atoms. The molecule has 2 aromatic heterocycles. The Bertz CT molecular complexity index is 612. The van der Waals surface area contributed by atoms with Crippen LogP contribution in [-0.4, -0.2) is 31.6 Å². The lowest BCUT2D eigenvalue weighted by Gasteiger charge is -2.08. The average Bonchev–Trinajstić information content (AvgIpc) is 3.01. The molecule has 21 heavy (non-hydrogen) atoms. The largest absolute Gasteiger partial charge is 0.481 e. The third kappa shape index (κ3) is 4.82. The highest BCUT2D eigenvalue weighted by atomic mass is 79.9. The predicted molar refractivity (Wildman–Crippen MR) is 88.1 cm³/mol. The van der Waals surface area contributed by atoms with Crippen LogP contribution in [0.5, 0.6) is 0 Å². The fourth-order valence-electron chi connectivity index (χ4n) is 1.89. The topological polar surface area (TPSA) is 68.0 Å². The molecule has 0 aliphatic rings. The number of halogens is 1. The minimum atomic E-state index is -0.839. The van der Waals surface area contributed by atoms with Gasteiger partial charge in [-0.15, -0.1) is 21.5 Å². The van der Waals surface area contributed by atoms with Gasteiger partial charge < -0.3 is 9.67 Å². The highest BCUT2D eigenvalue weighted by molar-refractivity contribution is 9.11. The highest BCUT2D eigenvalue weighted by Gasteiger charge is 2.13. The standard InChI is InChI=1S/C13H16BrN3O2S2/c1-2-3-11-15-16-13(20-8-12(18)19)17(11)7-6-9-4-5-10(14)21-9/h4-5H,2-3,6-8H2,1H3,(H,18,19). The number of rotatable bonds is 8. The molecule has 0 radical (unpaired) electrons. The molecule has 5 nitrogen and oxygen atoms in total. The Morgan fingerprint density at radius 2 is 2.24 bits per heavy atom. The Labute approximate surface area is 139 Å². The first kappa shape index (κ1) is 16.5. The van der Waals surface area contributed by atoms with E-state index in [1.165, 1.54) is 16.6 Å². The van der Waals surface area contributed by atoms with Crippen molar-refractivity contribution in [1.82, 2.24) is 14.8 Å². The maximum absolute atomic E-state index is 10.7. The van der Waals surface area contributed by atoms with Gasteiger partial charge in [0.15, 0.2) is 5.16 Å². The van der Waals surface area contributed by atoms with E-state index in [4.69, 9.17) is 5.11 Å². The van der Waals surface area contributed by atoms with E-state index in [2.05, 4.69) is 39.1 Å². The van der Waals surface area contributed by atoms with E-state index in [1.807, 2.05) is 10.6 Å². The van der Waals surface area contributed by atoms with Crippen LogP contribution in [0.3, 0.4) is 0 Å². The molecule has 0 atom stereocenters. The van der Waals surface area contributed by atoms with E-state index >= 15 is 0 Å². The van der Waals surface area contributed by atoms with Gasteiger partial charge in [-0.2, -0.15) is 0 Å². The molecular formula is C13H16BrN3O2S2. The molecule has 2 heterocycles. The van der Waals surface area contributed by atoms with Crippen molar-refractivity contribution >= 4 is 45.0 Å². The normalized spacial score (nSPS) is 11.0. The Morgan fingerprint density at radius 1 is 1.43 bits per heavy atom. The van der Waals surface area contributed by atoms with Crippen LogP contribution in [0, 0.1) is 0 Å². The van der Waals surface area contributed by atoms with Crippen molar-refractivity contribution in [3.8, 4) is 0 Å². The summed E-state index contributed by atoms with van der Waals surface area (Å²) in [7, 11) is 0. The number of carbonyl (C=O) groups is 1. The van der Waals surface area contributed by atoms with Crippen LogP contribution >= 0.6 is 39.0 Å². The molecule has 0 saturated carbocycles. The van der Waals surface area contributed by atoms with Gasteiger partial charge in [0.25, 0.3) is 0 Å². The summed E-state index contributed by atoms with van der Waals surface area (Å²) in [5.74, 6) is 0.101. The van der Waals surface area contributed by atoms with E-state index in [0.717, 1.165) is 35.4 Å². The van der Waals surface area contributed by atoms with Crippen LogP contribution in [0.15, 0.2) is 21.1 Å². The van der Waals surface area contributed by atoms with Crippen molar-refractivity contribution in [2.45, 2.75) is 37.9 Å². The Balaban J connectivity index is 2.09. The fourth-order valence-corrected chi connectivity index (χ4v) is 4.07. The van der Waals surface area contributed by atoms with Gasteiger partial charge in [0, 0.05) is 17.8 Å². The number of aliphatic carboxylic acids is 1.